The Morgan fingerprint density at radius 1 is 1.29 bits per heavy atom. The highest BCUT2D eigenvalue weighted by Crippen LogP contribution is 2.27. The van der Waals surface area contributed by atoms with Gasteiger partial charge in [0.1, 0.15) is 17.7 Å². The van der Waals surface area contributed by atoms with E-state index in [0.717, 1.165) is 28.9 Å². The summed E-state index contributed by atoms with van der Waals surface area (Å²) in [5, 5.41) is 17.3. The maximum atomic E-state index is 13.1. The van der Waals surface area contributed by atoms with Gasteiger partial charge in [0.2, 0.25) is 11.9 Å². The van der Waals surface area contributed by atoms with Gasteiger partial charge in [-0.1, -0.05) is 12.6 Å². The number of rotatable bonds is 7. The molecule has 5 rings (SSSR count). The highest BCUT2D eigenvalue weighted by atomic mass is 32.1. The third-order valence-electron chi connectivity index (χ3n) is 5.91. The van der Waals surface area contributed by atoms with Crippen molar-refractivity contribution in [3.63, 3.8) is 0 Å². The van der Waals surface area contributed by atoms with Crippen molar-refractivity contribution in [2.45, 2.75) is 32.0 Å². The lowest BCUT2D eigenvalue weighted by atomic mass is 10.2. The number of benzene rings is 1. The molecule has 0 spiro atoms. The fraction of sp³-hybridized carbons (Fsp3) is 0.261. The predicted molar refractivity (Wildman–Crippen MR) is 128 cm³/mol. The van der Waals surface area contributed by atoms with Gasteiger partial charge >= 0.3 is 0 Å². The molecule has 2 N–H and O–H groups in total. The van der Waals surface area contributed by atoms with Gasteiger partial charge in [-0.15, -0.1) is 11.3 Å². The number of thiophene rings is 1. The van der Waals surface area contributed by atoms with Crippen LogP contribution in [0.1, 0.15) is 28.1 Å². The number of nitrogens with zero attached hydrogens (tertiary/aromatic N) is 6. The van der Waals surface area contributed by atoms with Crippen LogP contribution in [0.4, 0.5) is 5.95 Å². The van der Waals surface area contributed by atoms with Gasteiger partial charge in [-0.2, -0.15) is 5.10 Å². The summed E-state index contributed by atoms with van der Waals surface area (Å²) in [5.74, 6) is 0.00347. The van der Waals surface area contributed by atoms with E-state index in [-0.39, 0.29) is 24.5 Å². The number of imidazole rings is 1. The smallest absolute Gasteiger partial charge is 0.268 e. The van der Waals surface area contributed by atoms with E-state index in [9.17, 15) is 14.7 Å². The zero-order valence-electron chi connectivity index (χ0n) is 18.3. The number of anilines is 1. The first-order valence-electron chi connectivity index (χ1n) is 10.9. The zero-order chi connectivity index (χ0) is 23.7. The summed E-state index contributed by atoms with van der Waals surface area (Å²) >= 11 is 1.29. The normalized spacial score (nSPS) is 15.7. The van der Waals surface area contributed by atoms with Crippen LogP contribution in [0.3, 0.4) is 0 Å². The fourth-order valence-corrected chi connectivity index (χ4v) is 5.08. The van der Waals surface area contributed by atoms with Crippen LogP contribution in [0.5, 0.6) is 0 Å². The van der Waals surface area contributed by atoms with Gasteiger partial charge in [0, 0.05) is 13.1 Å². The number of amides is 2. The first-order valence-corrected chi connectivity index (χ1v) is 11.7. The van der Waals surface area contributed by atoms with Crippen molar-refractivity contribution >= 4 is 40.1 Å². The first kappa shape index (κ1) is 22.0. The van der Waals surface area contributed by atoms with Crippen LogP contribution < -0.4 is 5.32 Å². The van der Waals surface area contributed by atoms with Crippen LogP contribution in [-0.2, 0) is 17.9 Å². The molecule has 0 radical (unpaired) electrons. The minimum Gasteiger partial charge on any atom is -0.392 e. The summed E-state index contributed by atoms with van der Waals surface area (Å²) in [6.45, 7) is 4.68. The van der Waals surface area contributed by atoms with Crippen molar-refractivity contribution in [2.24, 2.45) is 0 Å². The van der Waals surface area contributed by atoms with Gasteiger partial charge in [-0.3, -0.25) is 14.9 Å². The van der Waals surface area contributed by atoms with Crippen molar-refractivity contribution in [3.05, 3.63) is 66.1 Å². The highest BCUT2D eigenvalue weighted by molar-refractivity contribution is 7.16. The average molecular weight is 478 g/mol. The van der Waals surface area contributed by atoms with Crippen LogP contribution in [-0.4, -0.2) is 58.7 Å². The minimum absolute atomic E-state index is 0.0308. The number of aliphatic hydroxyl groups excluding tert-OH is 1. The number of likely N-dealkylation sites (tertiary alicyclic amines) is 1. The summed E-state index contributed by atoms with van der Waals surface area (Å²) in [6.07, 6.45) is 6.11. The molecule has 0 bridgehead atoms. The van der Waals surface area contributed by atoms with Gasteiger partial charge in [-0.25, -0.2) is 14.6 Å². The van der Waals surface area contributed by atoms with Crippen LogP contribution in [0.2, 0.25) is 0 Å². The van der Waals surface area contributed by atoms with Gasteiger partial charge in [0.15, 0.2) is 0 Å². The number of hydrogen-bond acceptors (Lipinski definition) is 7. The van der Waals surface area contributed by atoms with E-state index in [1.54, 1.807) is 23.1 Å². The number of hydrogen-bond donors (Lipinski definition) is 2. The first-order chi connectivity index (χ1) is 16.6. The summed E-state index contributed by atoms with van der Waals surface area (Å²) in [4.78, 5) is 36.3. The van der Waals surface area contributed by atoms with E-state index in [4.69, 9.17) is 0 Å². The van der Waals surface area contributed by atoms with E-state index < -0.39 is 0 Å². The monoisotopic (exact) mass is 477 g/mol. The Bertz CT molecular complexity index is 1360. The summed E-state index contributed by atoms with van der Waals surface area (Å²) in [5.41, 5.74) is 2.21. The second-order valence-electron chi connectivity index (χ2n) is 7.99. The molecule has 10 nitrogen and oxygen atoms in total. The topological polar surface area (TPSA) is 118 Å². The predicted octanol–water partition coefficient (Wildman–Crippen LogP) is 2.60. The van der Waals surface area contributed by atoms with Crippen molar-refractivity contribution in [3.8, 4) is 5.00 Å². The molecule has 0 saturated carbocycles. The van der Waals surface area contributed by atoms with Gasteiger partial charge in [0.05, 0.1) is 28.6 Å². The average Bonchev–Trinajstić information content (AvgIpc) is 3.65. The van der Waals surface area contributed by atoms with E-state index in [0.29, 0.717) is 29.4 Å². The van der Waals surface area contributed by atoms with E-state index >= 15 is 0 Å². The molecule has 4 heterocycles. The van der Waals surface area contributed by atoms with Gasteiger partial charge in [-0.05, 0) is 48.7 Å². The van der Waals surface area contributed by atoms with E-state index in [1.165, 1.54) is 23.7 Å². The number of aliphatic hydroxyl groups is 1. The Balaban J connectivity index is 1.46. The molecular weight excluding hydrogens is 454 g/mol. The number of aromatic nitrogens is 5. The van der Waals surface area contributed by atoms with Crippen LogP contribution in [0.15, 0.2) is 55.6 Å². The Morgan fingerprint density at radius 2 is 2.18 bits per heavy atom. The quantitative estimate of drug-likeness (QED) is 0.395. The third-order valence-corrected chi connectivity index (χ3v) is 6.98. The molecule has 0 aliphatic carbocycles. The maximum Gasteiger partial charge on any atom is 0.268 e. The highest BCUT2D eigenvalue weighted by Gasteiger charge is 2.29. The molecule has 11 heteroatoms. The van der Waals surface area contributed by atoms with Gasteiger partial charge < -0.3 is 14.6 Å². The maximum absolute atomic E-state index is 13.1. The van der Waals surface area contributed by atoms with E-state index in [2.05, 4.69) is 27.0 Å². The fourth-order valence-electron chi connectivity index (χ4n) is 4.26. The third kappa shape index (κ3) is 4.11. The van der Waals surface area contributed by atoms with Crippen LogP contribution in [0, 0.1) is 0 Å². The molecule has 1 saturated heterocycles. The van der Waals surface area contributed by atoms with Crippen LogP contribution in [0.25, 0.3) is 16.0 Å². The van der Waals surface area contributed by atoms with E-state index in [1.807, 2.05) is 27.7 Å². The molecule has 1 aliphatic heterocycles. The van der Waals surface area contributed by atoms with Crippen LogP contribution >= 0.6 is 11.3 Å². The molecule has 1 atom stereocenters. The number of carbonyl (C=O) groups is 2. The number of nitrogens with one attached hydrogen (secondary N) is 1. The number of carbonyl (C=O) groups excluding carboxylic acids is 2. The lowest BCUT2D eigenvalue weighted by Crippen LogP contribution is -2.37. The molecular formula is C23H23N7O3S. The SMILES string of the molecule is C=CC(=O)N1CCCC1Cn1c(NC(=O)c2ccc(-n3cncn3)s2)nc2cc(CO)ccc21. The lowest BCUT2D eigenvalue weighted by Gasteiger charge is -2.24. The Morgan fingerprint density at radius 3 is 2.94 bits per heavy atom. The largest absolute Gasteiger partial charge is 0.392 e. The van der Waals surface area contributed by atoms with Crippen molar-refractivity contribution in [2.75, 3.05) is 11.9 Å². The standard InChI is InChI=1S/C23H23N7O3S/c1-2-20(32)28-9-3-4-16(28)11-29-18-6-5-15(12-31)10-17(18)26-23(29)27-22(33)19-7-8-21(34-19)30-14-24-13-25-30/h2,5-8,10,13-14,16,31H,1,3-4,9,11-12H2,(H,26,27,33). The molecule has 1 unspecified atom stereocenters. The molecule has 174 valence electrons. The summed E-state index contributed by atoms with van der Waals surface area (Å²) in [6, 6.07) is 9.02. The van der Waals surface area contributed by atoms with Crippen molar-refractivity contribution in [1.29, 1.82) is 0 Å². The Kier molecular flexibility index (Phi) is 5.95. The minimum atomic E-state index is -0.291. The molecule has 4 aromatic rings. The molecule has 2 amide bonds. The second-order valence-corrected chi connectivity index (χ2v) is 9.05. The van der Waals surface area contributed by atoms with Gasteiger partial charge in [0.25, 0.3) is 5.91 Å². The zero-order valence-corrected chi connectivity index (χ0v) is 19.1. The van der Waals surface area contributed by atoms with Crippen molar-refractivity contribution < 1.29 is 14.7 Å². The molecule has 1 fully saturated rings. The lowest BCUT2D eigenvalue weighted by molar-refractivity contribution is -0.126. The molecule has 1 aliphatic rings. The number of fused-ring (bicyclic) bond motifs is 1. The Labute approximate surface area is 199 Å². The second kappa shape index (κ2) is 9.20. The Hall–Kier alpha value is -3.83. The summed E-state index contributed by atoms with van der Waals surface area (Å²) < 4.78 is 3.53. The van der Waals surface area contributed by atoms with Crippen molar-refractivity contribution in [1.82, 2.24) is 29.2 Å². The molecule has 1 aromatic carbocycles. The summed E-state index contributed by atoms with van der Waals surface area (Å²) in [7, 11) is 0. The molecule has 3 aromatic heterocycles. The molecule has 34 heavy (non-hydrogen) atoms.